The second-order valence-corrected chi connectivity index (χ2v) is 5.27. The van der Waals surface area contributed by atoms with Gasteiger partial charge in [0.1, 0.15) is 0 Å². The maximum atomic E-state index is 11.9. The number of amides is 2. The van der Waals surface area contributed by atoms with E-state index in [2.05, 4.69) is 15.4 Å². The van der Waals surface area contributed by atoms with E-state index in [1.54, 1.807) is 30.3 Å². The zero-order valence-corrected chi connectivity index (χ0v) is 13.4. The Labute approximate surface area is 139 Å². The molecule has 0 saturated carbocycles. The predicted octanol–water partition coefficient (Wildman–Crippen LogP) is 3.49. The van der Waals surface area contributed by atoms with Crippen LogP contribution in [-0.2, 0) is 11.2 Å². The molecular formula is C17H17ClN2O3. The summed E-state index contributed by atoms with van der Waals surface area (Å²) < 4.78 is 4.64. The number of carbonyl (C=O) groups excluding carboxylic acids is 2. The number of carbonyl (C=O) groups is 2. The smallest absolute Gasteiger partial charge is 0.337 e. The normalized spacial score (nSPS) is 10.0. The highest BCUT2D eigenvalue weighted by molar-refractivity contribution is 6.30. The number of hydrogen-bond acceptors (Lipinski definition) is 3. The van der Waals surface area contributed by atoms with E-state index in [9.17, 15) is 9.59 Å². The first-order valence-corrected chi connectivity index (χ1v) is 7.44. The van der Waals surface area contributed by atoms with Gasteiger partial charge in [-0.3, -0.25) is 0 Å². The Morgan fingerprint density at radius 1 is 1.13 bits per heavy atom. The van der Waals surface area contributed by atoms with Crippen LogP contribution in [0, 0.1) is 0 Å². The van der Waals surface area contributed by atoms with Gasteiger partial charge in [-0.2, -0.15) is 0 Å². The van der Waals surface area contributed by atoms with Crippen molar-refractivity contribution in [1.82, 2.24) is 5.32 Å². The molecule has 2 aromatic carbocycles. The lowest BCUT2D eigenvalue weighted by Crippen LogP contribution is -2.30. The molecule has 0 heterocycles. The van der Waals surface area contributed by atoms with Crippen molar-refractivity contribution in [3.8, 4) is 0 Å². The molecule has 2 rings (SSSR count). The van der Waals surface area contributed by atoms with Crippen LogP contribution in [0.1, 0.15) is 15.9 Å². The van der Waals surface area contributed by atoms with E-state index < -0.39 is 5.97 Å². The molecular weight excluding hydrogens is 316 g/mol. The third-order valence-corrected chi connectivity index (χ3v) is 3.36. The molecule has 0 aliphatic carbocycles. The summed E-state index contributed by atoms with van der Waals surface area (Å²) in [6.45, 7) is 0.475. The highest BCUT2D eigenvalue weighted by Crippen LogP contribution is 2.12. The molecule has 0 fully saturated rings. The fourth-order valence-corrected chi connectivity index (χ4v) is 2.24. The highest BCUT2D eigenvalue weighted by Gasteiger charge is 2.07. The number of urea groups is 1. The molecule has 0 unspecified atom stereocenters. The van der Waals surface area contributed by atoms with Gasteiger partial charge in [0.15, 0.2) is 0 Å². The van der Waals surface area contributed by atoms with Gasteiger partial charge in [-0.05, 0) is 42.3 Å². The van der Waals surface area contributed by atoms with Gasteiger partial charge < -0.3 is 15.4 Å². The van der Waals surface area contributed by atoms with Crippen molar-refractivity contribution in [1.29, 1.82) is 0 Å². The Hall–Kier alpha value is -2.53. The standard InChI is InChI=1S/C17H17ClN2O3/c1-23-16(21)13-5-3-7-15(11-13)20-17(22)19-9-8-12-4-2-6-14(18)10-12/h2-7,10-11H,8-9H2,1H3,(H2,19,20,22). The Balaban J connectivity index is 1.84. The summed E-state index contributed by atoms with van der Waals surface area (Å²) in [7, 11) is 1.31. The number of halogens is 1. The van der Waals surface area contributed by atoms with Crippen molar-refractivity contribution in [3.05, 3.63) is 64.7 Å². The SMILES string of the molecule is COC(=O)c1cccc(NC(=O)NCCc2cccc(Cl)c2)c1. The first-order valence-electron chi connectivity index (χ1n) is 7.06. The Bertz CT molecular complexity index is 704. The number of rotatable bonds is 5. The first kappa shape index (κ1) is 16.8. The Kier molecular flexibility index (Phi) is 6.00. The lowest BCUT2D eigenvalue weighted by Gasteiger charge is -2.09. The van der Waals surface area contributed by atoms with Gasteiger partial charge in [0.05, 0.1) is 12.7 Å². The molecule has 0 aliphatic rings. The average molecular weight is 333 g/mol. The van der Waals surface area contributed by atoms with Crippen LogP contribution >= 0.6 is 11.6 Å². The van der Waals surface area contributed by atoms with E-state index >= 15 is 0 Å². The summed E-state index contributed by atoms with van der Waals surface area (Å²) in [4.78, 5) is 23.3. The lowest BCUT2D eigenvalue weighted by molar-refractivity contribution is 0.0600. The van der Waals surface area contributed by atoms with Crippen LogP contribution in [-0.4, -0.2) is 25.7 Å². The van der Waals surface area contributed by atoms with Crippen molar-refractivity contribution in [2.75, 3.05) is 19.0 Å². The summed E-state index contributed by atoms with van der Waals surface area (Å²) in [6.07, 6.45) is 0.677. The predicted molar refractivity (Wildman–Crippen MR) is 90.0 cm³/mol. The topological polar surface area (TPSA) is 67.4 Å². The largest absolute Gasteiger partial charge is 0.465 e. The lowest BCUT2D eigenvalue weighted by atomic mass is 10.1. The van der Waals surface area contributed by atoms with E-state index in [0.29, 0.717) is 29.2 Å². The molecule has 2 amide bonds. The van der Waals surface area contributed by atoms with E-state index in [0.717, 1.165) is 5.56 Å². The van der Waals surface area contributed by atoms with E-state index in [1.807, 2.05) is 18.2 Å². The van der Waals surface area contributed by atoms with E-state index in [4.69, 9.17) is 11.6 Å². The van der Waals surface area contributed by atoms with Crippen LogP contribution in [0.15, 0.2) is 48.5 Å². The monoisotopic (exact) mass is 332 g/mol. The van der Waals surface area contributed by atoms with Crippen LogP contribution in [0.25, 0.3) is 0 Å². The van der Waals surface area contributed by atoms with Gasteiger partial charge in [-0.1, -0.05) is 29.8 Å². The maximum absolute atomic E-state index is 11.9. The third kappa shape index (κ3) is 5.30. The number of hydrogen-bond donors (Lipinski definition) is 2. The number of ether oxygens (including phenoxy) is 1. The maximum Gasteiger partial charge on any atom is 0.337 e. The number of benzene rings is 2. The molecule has 0 bridgehead atoms. The molecule has 0 atom stereocenters. The minimum absolute atomic E-state index is 0.339. The zero-order chi connectivity index (χ0) is 16.7. The second kappa shape index (κ2) is 8.19. The number of nitrogens with one attached hydrogen (secondary N) is 2. The molecule has 0 radical (unpaired) electrons. The Morgan fingerprint density at radius 3 is 2.65 bits per heavy atom. The molecule has 0 spiro atoms. The molecule has 2 N–H and O–H groups in total. The summed E-state index contributed by atoms with van der Waals surface area (Å²) in [6, 6.07) is 13.7. The van der Waals surface area contributed by atoms with Crippen LogP contribution in [0.2, 0.25) is 5.02 Å². The summed E-state index contributed by atoms with van der Waals surface area (Å²) in [5.74, 6) is -0.449. The fraction of sp³-hybridized carbons (Fsp3) is 0.176. The van der Waals surface area contributed by atoms with Gasteiger partial charge in [-0.25, -0.2) is 9.59 Å². The highest BCUT2D eigenvalue weighted by atomic mass is 35.5. The minimum Gasteiger partial charge on any atom is -0.465 e. The van der Waals surface area contributed by atoms with Gasteiger partial charge >= 0.3 is 12.0 Å². The van der Waals surface area contributed by atoms with Crippen molar-refractivity contribution in [2.24, 2.45) is 0 Å². The fourth-order valence-electron chi connectivity index (χ4n) is 2.03. The number of esters is 1. The van der Waals surface area contributed by atoms with E-state index in [-0.39, 0.29) is 6.03 Å². The first-order chi connectivity index (χ1) is 11.1. The summed E-state index contributed by atoms with van der Waals surface area (Å²) in [5.41, 5.74) is 1.95. The molecule has 0 saturated heterocycles. The Morgan fingerprint density at radius 2 is 1.91 bits per heavy atom. The van der Waals surface area contributed by atoms with Crippen molar-refractivity contribution >= 4 is 29.3 Å². The summed E-state index contributed by atoms with van der Waals surface area (Å²) >= 11 is 5.91. The summed E-state index contributed by atoms with van der Waals surface area (Å²) in [5, 5.41) is 6.10. The molecule has 0 aromatic heterocycles. The van der Waals surface area contributed by atoms with Crippen molar-refractivity contribution < 1.29 is 14.3 Å². The third-order valence-electron chi connectivity index (χ3n) is 3.13. The average Bonchev–Trinajstić information content (AvgIpc) is 2.54. The zero-order valence-electron chi connectivity index (χ0n) is 12.6. The van der Waals surface area contributed by atoms with Crippen LogP contribution in [0.3, 0.4) is 0 Å². The van der Waals surface area contributed by atoms with Gasteiger partial charge in [-0.15, -0.1) is 0 Å². The van der Waals surface area contributed by atoms with Crippen LogP contribution in [0.4, 0.5) is 10.5 Å². The van der Waals surface area contributed by atoms with Gasteiger partial charge in [0.2, 0.25) is 0 Å². The van der Waals surface area contributed by atoms with Gasteiger partial charge in [0.25, 0.3) is 0 Å². The van der Waals surface area contributed by atoms with Gasteiger partial charge in [0, 0.05) is 17.3 Å². The number of anilines is 1. The molecule has 23 heavy (non-hydrogen) atoms. The van der Waals surface area contributed by atoms with Crippen molar-refractivity contribution in [2.45, 2.75) is 6.42 Å². The van der Waals surface area contributed by atoms with E-state index in [1.165, 1.54) is 7.11 Å². The molecule has 6 heteroatoms. The molecule has 120 valence electrons. The minimum atomic E-state index is -0.449. The quantitative estimate of drug-likeness (QED) is 0.824. The van der Waals surface area contributed by atoms with Crippen LogP contribution in [0.5, 0.6) is 0 Å². The van der Waals surface area contributed by atoms with Crippen LogP contribution < -0.4 is 10.6 Å². The second-order valence-electron chi connectivity index (χ2n) is 4.83. The molecule has 2 aromatic rings. The van der Waals surface area contributed by atoms with Crippen molar-refractivity contribution in [3.63, 3.8) is 0 Å². The number of methoxy groups -OCH3 is 1. The molecule has 5 nitrogen and oxygen atoms in total. The molecule has 0 aliphatic heterocycles.